The summed E-state index contributed by atoms with van der Waals surface area (Å²) in [6.45, 7) is 1.65. The monoisotopic (exact) mass is 260 g/mol. The average molecular weight is 260 g/mol. The maximum absolute atomic E-state index is 10.5. The molecule has 7 heteroatoms. The number of fused-ring (bicyclic) bond motifs is 1. The van der Waals surface area contributed by atoms with Gasteiger partial charge in [0.2, 0.25) is 10.5 Å². The first-order chi connectivity index (χ1) is 7.47. The Hall–Kier alpha value is -1.02. The van der Waals surface area contributed by atoms with Crippen molar-refractivity contribution in [2.75, 3.05) is 0 Å². The van der Waals surface area contributed by atoms with Crippen molar-refractivity contribution in [3.63, 3.8) is 0 Å². The summed E-state index contributed by atoms with van der Waals surface area (Å²) in [6, 6.07) is 7.58. The highest BCUT2D eigenvalue weighted by molar-refractivity contribution is 7.80. The van der Waals surface area contributed by atoms with Crippen LogP contribution in [0.1, 0.15) is 5.01 Å². The highest BCUT2D eigenvalue weighted by atomic mass is 32.3. The van der Waals surface area contributed by atoms with Crippen molar-refractivity contribution in [2.45, 2.75) is 13.7 Å². The van der Waals surface area contributed by atoms with Gasteiger partial charge in [-0.3, -0.25) is 4.55 Å². The number of benzene rings is 1. The number of aryl methyl sites for hydroxylation is 1. The predicted octanol–water partition coefficient (Wildman–Crippen LogP) is 1.27. The van der Waals surface area contributed by atoms with Crippen LogP contribution in [0.25, 0.3) is 10.2 Å². The SMILES string of the molecule is Cc1sc2ccccc2[n+]1COS(=O)(=O)O. The van der Waals surface area contributed by atoms with Gasteiger partial charge in [-0.25, -0.2) is 0 Å². The lowest BCUT2D eigenvalue weighted by Crippen LogP contribution is -2.37. The molecule has 0 aliphatic heterocycles. The van der Waals surface area contributed by atoms with E-state index < -0.39 is 10.4 Å². The minimum Gasteiger partial charge on any atom is -0.263 e. The van der Waals surface area contributed by atoms with Crippen LogP contribution < -0.4 is 4.57 Å². The lowest BCUT2D eigenvalue weighted by atomic mass is 10.3. The molecule has 2 aromatic rings. The van der Waals surface area contributed by atoms with Gasteiger partial charge in [0.1, 0.15) is 4.70 Å². The summed E-state index contributed by atoms with van der Waals surface area (Å²) in [5.74, 6) is 0. The Morgan fingerprint density at radius 1 is 1.44 bits per heavy atom. The molecule has 0 aliphatic rings. The molecule has 0 saturated heterocycles. The Kier molecular flexibility index (Phi) is 2.94. The molecule has 0 unspecified atom stereocenters. The van der Waals surface area contributed by atoms with Gasteiger partial charge >= 0.3 is 10.4 Å². The third-order valence-corrected chi connectivity index (χ3v) is 3.61. The maximum atomic E-state index is 10.5. The summed E-state index contributed by atoms with van der Waals surface area (Å²) in [5.41, 5.74) is 0.883. The first-order valence-electron chi connectivity index (χ1n) is 4.47. The predicted molar refractivity (Wildman–Crippen MR) is 59.4 cm³/mol. The Bertz CT molecular complexity index is 617. The van der Waals surface area contributed by atoms with Crippen molar-refractivity contribution in [3.05, 3.63) is 29.3 Å². The molecule has 0 spiro atoms. The van der Waals surface area contributed by atoms with Gasteiger partial charge in [0.25, 0.3) is 6.73 Å². The van der Waals surface area contributed by atoms with Crippen LogP contribution in [0.5, 0.6) is 0 Å². The third-order valence-electron chi connectivity index (χ3n) is 2.12. The zero-order chi connectivity index (χ0) is 11.8. The van der Waals surface area contributed by atoms with E-state index in [-0.39, 0.29) is 6.73 Å². The van der Waals surface area contributed by atoms with Crippen LogP contribution in [-0.2, 0) is 21.3 Å². The zero-order valence-electron chi connectivity index (χ0n) is 8.45. The molecule has 5 nitrogen and oxygen atoms in total. The summed E-state index contributed by atoms with van der Waals surface area (Å²) in [7, 11) is -4.40. The molecular weight excluding hydrogens is 250 g/mol. The molecule has 0 fully saturated rings. The molecule has 2 rings (SSSR count). The molecule has 16 heavy (non-hydrogen) atoms. The summed E-state index contributed by atoms with van der Waals surface area (Å²) >= 11 is 1.54. The van der Waals surface area contributed by atoms with Gasteiger partial charge in [0, 0.05) is 13.0 Å². The molecule has 0 saturated carbocycles. The molecule has 0 radical (unpaired) electrons. The van der Waals surface area contributed by atoms with Crippen molar-refractivity contribution in [2.24, 2.45) is 0 Å². The first-order valence-corrected chi connectivity index (χ1v) is 6.65. The van der Waals surface area contributed by atoms with E-state index in [1.807, 2.05) is 31.2 Å². The number of aromatic nitrogens is 1. The van der Waals surface area contributed by atoms with Crippen LogP contribution in [0.3, 0.4) is 0 Å². The Morgan fingerprint density at radius 2 is 2.12 bits per heavy atom. The molecule has 86 valence electrons. The van der Waals surface area contributed by atoms with Crippen LogP contribution in [0.2, 0.25) is 0 Å². The van der Waals surface area contributed by atoms with E-state index >= 15 is 0 Å². The summed E-state index contributed by atoms with van der Waals surface area (Å²) in [6.07, 6.45) is 0. The summed E-state index contributed by atoms with van der Waals surface area (Å²) in [5, 5.41) is 0.907. The highest BCUT2D eigenvalue weighted by Crippen LogP contribution is 2.19. The van der Waals surface area contributed by atoms with Crippen LogP contribution >= 0.6 is 11.3 Å². The molecule has 1 heterocycles. The van der Waals surface area contributed by atoms with Crippen LogP contribution in [0, 0.1) is 6.92 Å². The van der Waals surface area contributed by atoms with Gasteiger partial charge in [-0.2, -0.15) is 17.2 Å². The summed E-state index contributed by atoms with van der Waals surface area (Å²) < 4.78 is 36.6. The van der Waals surface area contributed by atoms with E-state index in [0.29, 0.717) is 0 Å². The summed E-state index contributed by atoms with van der Waals surface area (Å²) in [4.78, 5) is 0. The van der Waals surface area contributed by atoms with Gasteiger partial charge in [-0.05, 0) is 6.07 Å². The molecule has 1 aromatic carbocycles. The molecule has 0 atom stereocenters. The van der Waals surface area contributed by atoms with Crippen molar-refractivity contribution in [1.82, 2.24) is 0 Å². The smallest absolute Gasteiger partial charge is 0.263 e. The molecule has 1 aromatic heterocycles. The first kappa shape index (κ1) is 11.5. The second-order valence-corrected chi connectivity index (χ2v) is 5.52. The highest BCUT2D eigenvalue weighted by Gasteiger charge is 2.18. The number of thiazole rings is 1. The van der Waals surface area contributed by atoms with Gasteiger partial charge < -0.3 is 0 Å². The minimum absolute atomic E-state index is 0.214. The van der Waals surface area contributed by atoms with E-state index in [4.69, 9.17) is 4.55 Å². The fourth-order valence-corrected chi connectivity index (χ4v) is 2.68. The lowest BCUT2D eigenvalue weighted by molar-refractivity contribution is -0.702. The van der Waals surface area contributed by atoms with E-state index in [1.165, 1.54) is 11.3 Å². The van der Waals surface area contributed by atoms with E-state index in [1.54, 1.807) is 4.57 Å². The Morgan fingerprint density at radius 3 is 2.81 bits per heavy atom. The van der Waals surface area contributed by atoms with Crippen molar-refractivity contribution in [3.8, 4) is 0 Å². The number of hydrogen-bond acceptors (Lipinski definition) is 4. The Balaban J connectivity index is 2.40. The number of nitrogens with zero attached hydrogens (tertiary/aromatic N) is 1. The second kappa shape index (κ2) is 4.10. The normalized spacial score (nSPS) is 12.1. The van der Waals surface area contributed by atoms with Gasteiger partial charge in [0.05, 0.1) is 0 Å². The third kappa shape index (κ3) is 2.38. The van der Waals surface area contributed by atoms with Crippen molar-refractivity contribution >= 4 is 32.0 Å². The van der Waals surface area contributed by atoms with Gasteiger partial charge in [-0.1, -0.05) is 23.5 Å². The topological polar surface area (TPSA) is 67.5 Å². The van der Waals surface area contributed by atoms with Gasteiger partial charge in [0.15, 0.2) is 0 Å². The number of rotatable bonds is 3. The fraction of sp³-hybridized carbons (Fsp3) is 0.222. The molecule has 0 amide bonds. The largest absolute Gasteiger partial charge is 0.402 e. The zero-order valence-corrected chi connectivity index (χ0v) is 10.1. The maximum Gasteiger partial charge on any atom is 0.402 e. The molecule has 0 aliphatic carbocycles. The quantitative estimate of drug-likeness (QED) is 0.666. The molecule has 0 bridgehead atoms. The Labute approximate surface area is 96.9 Å². The van der Waals surface area contributed by atoms with Crippen molar-refractivity contribution in [1.29, 1.82) is 0 Å². The fourth-order valence-electron chi connectivity index (χ4n) is 1.43. The standard InChI is InChI=1S/C9H9NO4S2/c1-7-10(6-14-16(11,12)13)8-4-2-3-5-9(8)15-7/h2-5H,6H2,1H3/p+1. The van der Waals surface area contributed by atoms with E-state index in [2.05, 4.69) is 4.18 Å². The lowest BCUT2D eigenvalue weighted by Gasteiger charge is -1.95. The average Bonchev–Trinajstić information content (AvgIpc) is 2.49. The van der Waals surface area contributed by atoms with Crippen LogP contribution in [0.4, 0.5) is 0 Å². The van der Waals surface area contributed by atoms with Gasteiger partial charge in [-0.15, -0.1) is 0 Å². The van der Waals surface area contributed by atoms with Crippen LogP contribution in [0.15, 0.2) is 24.3 Å². The van der Waals surface area contributed by atoms with E-state index in [9.17, 15) is 8.42 Å². The van der Waals surface area contributed by atoms with Crippen LogP contribution in [-0.4, -0.2) is 13.0 Å². The minimum atomic E-state index is -4.40. The number of hydrogen-bond donors (Lipinski definition) is 1. The number of para-hydroxylation sites is 1. The van der Waals surface area contributed by atoms with Crippen molar-refractivity contribution < 1.29 is 21.7 Å². The van der Waals surface area contributed by atoms with E-state index in [0.717, 1.165) is 15.2 Å². The molecular formula is C9H10NO4S2+. The molecule has 1 N–H and O–H groups in total. The second-order valence-electron chi connectivity index (χ2n) is 3.19.